The molecule has 0 saturated heterocycles. The molecule has 3 aromatic carbocycles. The molecule has 0 fully saturated rings. The predicted molar refractivity (Wildman–Crippen MR) is 257 cm³/mol. The van der Waals surface area contributed by atoms with Crippen LogP contribution in [0, 0.1) is 17.0 Å². The molecule has 0 bridgehead atoms. The van der Waals surface area contributed by atoms with E-state index < -0.39 is 95.2 Å². The van der Waals surface area contributed by atoms with Crippen molar-refractivity contribution < 1.29 is 52.2 Å². The summed E-state index contributed by atoms with van der Waals surface area (Å²) in [5, 5.41) is 27.6. The number of aliphatic hydroxyl groups is 1. The van der Waals surface area contributed by atoms with Crippen LogP contribution in [-0.2, 0) is 40.0 Å². The van der Waals surface area contributed by atoms with Gasteiger partial charge in [0, 0.05) is 68.1 Å². The molecule has 1 aliphatic rings. The van der Waals surface area contributed by atoms with E-state index in [4.69, 9.17) is 16.6 Å². The Morgan fingerprint density at radius 3 is 2.15 bits per heavy atom. The molecule has 22 heteroatoms. The summed E-state index contributed by atoms with van der Waals surface area (Å²) in [4.78, 5) is 104. The maximum absolute atomic E-state index is 15.1. The second-order valence-corrected chi connectivity index (χ2v) is 17.9. The highest BCUT2D eigenvalue weighted by Crippen LogP contribution is 2.40. The molecular weight excluding hydrogens is 925 g/mol. The van der Waals surface area contributed by atoms with Gasteiger partial charge >= 0.3 is 6.03 Å². The van der Waals surface area contributed by atoms with E-state index in [0.717, 1.165) is 40.8 Å². The second-order valence-electron chi connectivity index (χ2n) is 17.9. The monoisotopic (exact) mass is 983 g/mol. The minimum absolute atomic E-state index is 0.0472. The van der Waals surface area contributed by atoms with Crippen LogP contribution in [0.5, 0.6) is 0 Å². The SMILES string of the molecule is CC(NC(=O)CCNC(=O)C(N)CCN(C(=O)CO)C(c1nn(-c2cc(F)ccc2F)cc1Cc1ccccc1)C(C)(C)C)C(=O)N[C@@H](CCCNC(N)=O)C(=O)Nc1ccc(N2C(=O)C=CC2=O)cc1. The van der Waals surface area contributed by atoms with Crippen LogP contribution in [0.15, 0.2) is 91.1 Å². The van der Waals surface area contributed by atoms with Gasteiger partial charge in [0.05, 0.1) is 23.5 Å². The number of aliphatic hydroxyl groups excluding tert-OH is 1. The summed E-state index contributed by atoms with van der Waals surface area (Å²) in [5.74, 6) is -5.80. The second kappa shape index (κ2) is 24.6. The highest BCUT2D eigenvalue weighted by atomic mass is 19.1. The predicted octanol–water partition coefficient (Wildman–Crippen LogP) is 2.38. The number of carbonyl (C=O) groups is 8. The minimum atomic E-state index is -1.20. The first-order valence-electron chi connectivity index (χ1n) is 22.8. The number of carbonyl (C=O) groups excluding carboxylic acids is 8. The fourth-order valence-electron chi connectivity index (χ4n) is 7.78. The number of primary amides is 1. The molecule has 378 valence electrons. The van der Waals surface area contributed by atoms with E-state index in [0.29, 0.717) is 17.7 Å². The third-order valence-electron chi connectivity index (χ3n) is 11.3. The van der Waals surface area contributed by atoms with Crippen molar-refractivity contribution in [3.8, 4) is 5.69 Å². The van der Waals surface area contributed by atoms with Gasteiger partial charge in [-0.3, -0.25) is 33.6 Å². The van der Waals surface area contributed by atoms with E-state index in [2.05, 4.69) is 26.6 Å². The lowest BCUT2D eigenvalue weighted by Crippen LogP contribution is -2.52. The van der Waals surface area contributed by atoms with Crippen LogP contribution in [0.2, 0.25) is 0 Å². The Labute approximate surface area is 408 Å². The van der Waals surface area contributed by atoms with E-state index >= 15 is 4.39 Å². The fourth-order valence-corrected chi connectivity index (χ4v) is 7.78. The van der Waals surface area contributed by atoms with E-state index in [9.17, 15) is 47.9 Å². The average molecular weight is 984 g/mol. The number of halogens is 2. The van der Waals surface area contributed by atoms with Crippen LogP contribution in [0.4, 0.5) is 25.0 Å². The summed E-state index contributed by atoms with van der Waals surface area (Å²) >= 11 is 0. The van der Waals surface area contributed by atoms with Crippen LogP contribution in [-0.4, -0.2) is 112 Å². The largest absolute Gasteiger partial charge is 0.387 e. The summed E-state index contributed by atoms with van der Waals surface area (Å²) in [6.45, 7) is 5.80. The number of benzene rings is 3. The molecule has 0 radical (unpaired) electrons. The van der Waals surface area contributed by atoms with Crippen molar-refractivity contribution in [3.63, 3.8) is 0 Å². The van der Waals surface area contributed by atoms with Gasteiger partial charge in [-0.15, -0.1) is 0 Å². The van der Waals surface area contributed by atoms with Gasteiger partial charge in [-0.2, -0.15) is 5.10 Å². The molecule has 4 atom stereocenters. The van der Waals surface area contributed by atoms with Gasteiger partial charge in [0.15, 0.2) is 0 Å². The highest BCUT2D eigenvalue weighted by Gasteiger charge is 2.39. The number of amides is 9. The fraction of sp³-hybridized carbons (Fsp3) is 0.367. The molecule has 9 amide bonds. The number of aromatic nitrogens is 2. The van der Waals surface area contributed by atoms with Crippen LogP contribution in [0.3, 0.4) is 0 Å². The average Bonchev–Trinajstić information content (AvgIpc) is 3.89. The van der Waals surface area contributed by atoms with E-state index in [1.807, 2.05) is 51.1 Å². The maximum atomic E-state index is 15.1. The molecule has 20 nitrogen and oxygen atoms in total. The molecule has 71 heavy (non-hydrogen) atoms. The maximum Gasteiger partial charge on any atom is 0.312 e. The lowest BCUT2D eigenvalue weighted by Gasteiger charge is -2.40. The quantitative estimate of drug-likeness (QED) is 0.0394. The summed E-state index contributed by atoms with van der Waals surface area (Å²) in [6.07, 6.45) is 4.04. The molecular formula is C49H59F2N11O9. The number of hydrogen-bond acceptors (Lipinski definition) is 11. The van der Waals surface area contributed by atoms with E-state index in [-0.39, 0.29) is 62.4 Å². The first kappa shape index (κ1) is 54.1. The van der Waals surface area contributed by atoms with Crippen molar-refractivity contribution in [1.82, 2.24) is 35.9 Å². The molecule has 10 N–H and O–H groups in total. The highest BCUT2D eigenvalue weighted by molar-refractivity contribution is 6.28. The molecule has 1 aromatic heterocycles. The van der Waals surface area contributed by atoms with Crippen molar-refractivity contribution >= 4 is 58.8 Å². The summed E-state index contributed by atoms with van der Waals surface area (Å²) in [6, 6.07) is 13.0. The van der Waals surface area contributed by atoms with Gasteiger partial charge in [0.25, 0.3) is 11.8 Å². The standard InChI is InChI=1S/C49H59F2N11O9/c1-29(45(68)58-37(11-8-22-55-48(53)71)47(70)57-33-13-15-34(16-14-33)62-40(65)18-19-41(62)66)56-39(64)20-23-54-46(69)36(52)21-24-60(42(67)28-63)44(49(2,3)4)43-31(25-30-9-6-5-7-10-30)27-61(59-43)38-26-32(50)12-17-35(38)51/h5-7,9-10,12-19,26-27,29,36-37,44,63H,8,11,20-25,28,52H2,1-4H3,(H,54,69)(H,56,64)(H,57,70)(H,58,68)(H3,53,55,71)/t29?,36?,37-,44?/m0/s1. The van der Waals surface area contributed by atoms with Gasteiger partial charge in [0.2, 0.25) is 29.5 Å². The summed E-state index contributed by atoms with van der Waals surface area (Å²) in [5.41, 5.74) is 12.9. The minimum Gasteiger partial charge on any atom is -0.387 e. The summed E-state index contributed by atoms with van der Waals surface area (Å²) in [7, 11) is 0. The zero-order valence-electron chi connectivity index (χ0n) is 39.7. The number of imide groups is 1. The van der Waals surface area contributed by atoms with Gasteiger partial charge in [-0.25, -0.2) is 23.2 Å². The van der Waals surface area contributed by atoms with Crippen molar-refractivity contribution in [1.29, 1.82) is 0 Å². The van der Waals surface area contributed by atoms with Crippen molar-refractivity contribution in [2.45, 2.75) is 84.0 Å². The number of urea groups is 1. The molecule has 1 aliphatic heterocycles. The topological polar surface area (TPSA) is 293 Å². The number of rotatable bonds is 23. The first-order valence-corrected chi connectivity index (χ1v) is 22.8. The van der Waals surface area contributed by atoms with Gasteiger partial charge < -0.3 is 48.1 Å². The summed E-state index contributed by atoms with van der Waals surface area (Å²) < 4.78 is 30.7. The Morgan fingerprint density at radius 1 is 0.845 bits per heavy atom. The molecule has 3 unspecified atom stereocenters. The Kier molecular flexibility index (Phi) is 18.8. The molecule has 0 saturated carbocycles. The van der Waals surface area contributed by atoms with Crippen molar-refractivity contribution in [2.75, 3.05) is 36.5 Å². The van der Waals surface area contributed by atoms with Crippen LogP contribution in [0.1, 0.15) is 76.2 Å². The van der Waals surface area contributed by atoms with Gasteiger partial charge in [0.1, 0.15) is 36.0 Å². The Bertz CT molecular complexity index is 2600. The van der Waals surface area contributed by atoms with E-state index in [1.165, 1.54) is 40.8 Å². The van der Waals surface area contributed by atoms with Crippen LogP contribution >= 0.6 is 0 Å². The van der Waals surface area contributed by atoms with Crippen molar-refractivity contribution in [3.05, 3.63) is 120 Å². The third kappa shape index (κ3) is 15.1. The zero-order valence-corrected chi connectivity index (χ0v) is 39.7. The smallest absolute Gasteiger partial charge is 0.312 e. The van der Waals surface area contributed by atoms with Crippen LogP contribution < -0.4 is 43.0 Å². The Hall–Kier alpha value is -7.85. The third-order valence-corrected chi connectivity index (χ3v) is 11.3. The number of nitrogens with one attached hydrogen (secondary N) is 5. The first-order chi connectivity index (χ1) is 33.7. The molecule has 0 aliphatic carbocycles. The molecule has 4 aromatic rings. The number of nitrogens with zero attached hydrogens (tertiary/aromatic N) is 4. The van der Waals surface area contributed by atoms with Gasteiger partial charge in [-0.1, -0.05) is 51.1 Å². The zero-order chi connectivity index (χ0) is 52.0. The number of anilines is 2. The Balaban J connectivity index is 1.18. The lowest BCUT2D eigenvalue weighted by atomic mass is 9.81. The number of hydrogen-bond donors (Lipinski definition) is 8. The van der Waals surface area contributed by atoms with Crippen molar-refractivity contribution in [2.24, 2.45) is 16.9 Å². The molecule has 0 spiro atoms. The number of nitrogens with two attached hydrogens (primary N) is 2. The lowest BCUT2D eigenvalue weighted by molar-refractivity contribution is -0.140. The molecule has 2 heterocycles. The van der Waals surface area contributed by atoms with E-state index in [1.54, 1.807) is 6.20 Å². The molecule has 5 rings (SSSR count). The van der Waals surface area contributed by atoms with Crippen LogP contribution in [0.25, 0.3) is 5.69 Å². The normalized spacial score (nSPS) is 14.0. The Morgan fingerprint density at radius 2 is 1.52 bits per heavy atom. The van der Waals surface area contributed by atoms with Gasteiger partial charge in [-0.05, 0) is 73.6 Å².